The smallest absolute Gasteiger partial charge is 0.222 e. The first-order chi connectivity index (χ1) is 8.04. The number of aromatic nitrogens is 2. The Bertz CT molecular complexity index is 465. The van der Waals surface area contributed by atoms with Gasteiger partial charge in [0.25, 0.3) is 0 Å². The summed E-state index contributed by atoms with van der Waals surface area (Å²) < 4.78 is 0. The first-order valence-electron chi connectivity index (χ1n) is 4.95. The predicted molar refractivity (Wildman–Crippen MR) is 60.4 cm³/mol. The van der Waals surface area contributed by atoms with Crippen LogP contribution < -0.4 is 0 Å². The molecule has 0 aliphatic rings. The van der Waals surface area contributed by atoms with Crippen molar-refractivity contribution in [3.63, 3.8) is 0 Å². The van der Waals surface area contributed by atoms with Crippen LogP contribution in [0, 0.1) is 17.2 Å². The summed E-state index contributed by atoms with van der Waals surface area (Å²) in [5, 5.41) is 8.92. The van der Waals surface area contributed by atoms with Crippen LogP contribution in [0.4, 0.5) is 0 Å². The van der Waals surface area contributed by atoms with E-state index in [4.69, 9.17) is 16.9 Å². The maximum Gasteiger partial charge on any atom is 0.222 e. The molecule has 0 aliphatic carbocycles. The fourth-order valence-electron chi connectivity index (χ4n) is 1.24. The minimum Gasteiger partial charge on any atom is -0.300 e. The summed E-state index contributed by atoms with van der Waals surface area (Å²) >= 11 is 5.49. The van der Waals surface area contributed by atoms with Crippen LogP contribution in [0.2, 0.25) is 5.28 Å². The monoisotopic (exact) mass is 251 g/mol. The highest BCUT2D eigenvalue weighted by atomic mass is 35.5. The molecule has 1 atom stereocenters. The summed E-state index contributed by atoms with van der Waals surface area (Å²) in [6.07, 6.45) is 2.97. The van der Waals surface area contributed by atoms with Crippen molar-refractivity contribution in [1.29, 1.82) is 5.26 Å². The van der Waals surface area contributed by atoms with E-state index in [0.29, 0.717) is 0 Å². The number of carbonyl (C=O) groups excluding carboxylic acids is 2. The number of hydrogen-bond acceptors (Lipinski definition) is 5. The molecule has 0 N–H and O–H groups in total. The van der Waals surface area contributed by atoms with Gasteiger partial charge in [-0.2, -0.15) is 5.26 Å². The Morgan fingerprint density at radius 3 is 2.53 bits per heavy atom. The Balaban J connectivity index is 2.76. The zero-order valence-electron chi connectivity index (χ0n) is 9.18. The van der Waals surface area contributed by atoms with Crippen LogP contribution in [0.15, 0.2) is 12.4 Å². The second-order valence-corrected chi connectivity index (χ2v) is 3.87. The molecule has 6 heteroatoms. The molecule has 0 fully saturated rings. The fourth-order valence-corrected chi connectivity index (χ4v) is 1.34. The third-order valence-electron chi connectivity index (χ3n) is 2.16. The summed E-state index contributed by atoms with van der Waals surface area (Å²) in [6.45, 7) is 1.42. The molecule has 0 radical (unpaired) electrons. The SMILES string of the molecule is CC(=O)CCC(C#N)C(=O)c1cnc(Cl)nc1. The zero-order chi connectivity index (χ0) is 12.8. The molecule has 0 bridgehead atoms. The van der Waals surface area contributed by atoms with Crippen molar-refractivity contribution in [3.05, 3.63) is 23.2 Å². The van der Waals surface area contributed by atoms with E-state index < -0.39 is 5.92 Å². The van der Waals surface area contributed by atoms with E-state index in [1.54, 1.807) is 0 Å². The molecule has 1 unspecified atom stereocenters. The molecule has 17 heavy (non-hydrogen) atoms. The van der Waals surface area contributed by atoms with Crippen LogP contribution in [0.1, 0.15) is 30.1 Å². The van der Waals surface area contributed by atoms with E-state index in [1.807, 2.05) is 6.07 Å². The Morgan fingerprint density at radius 2 is 2.06 bits per heavy atom. The summed E-state index contributed by atoms with van der Waals surface area (Å²) in [5.74, 6) is -1.28. The quantitative estimate of drug-likeness (QED) is 0.589. The Labute approximate surface area is 103 Å². The lowest BCUT2D eigenvalue weighted by Crippen LogP contribution is -2.14. The lowest BCUT2D eigenvalue weighted by molar-refractivity contribution is -0.117. The summed E-state index contributed by atoms with van der Waals surface area (Å²) in [6, 6.07) is 1.88. The summed E-state index contributed by atoms with van der Waals surface area (Å²) in [7, 11) is 0. The summed E-state index contributed by atoms with van der Waals surface area (Å²) in [4.78, 5) is 30.0. The van der Waals surface area contributed by atoms with Crippen LogP contribution in [0.5, 0.6) is 0 Å². The van der Waals surface area contributed by atoms with Gasteiger partial charge in [-0.15, -0.1) is 0 Å². The van der Waals surface area contributed by atoms with Gasteiger partial charge in [0.05, 0.1) is 11.6 Å². The minimum absolute atomic E-state index is 0.0405. The minimum atomic E-state index is -0.844. The third kappa shape index (κ3) is 3.93. The molecule has 88 valence electrons. The normalized spacial score (nSPS) is 11.6. The van der Waals surface area contributed by atoms with Crippen molar-refractivity contribution in [1.82, 2.24) is 9.97 Å². The van der Waals surface area contributed by atoms with E-state index in [1.165, 1.54) is 19.3 Å². The highest BCUT2D eigenvalue weighted by Crippen LogP contribution is 2.13. The Hall–Kier alpha value is -1.80. The number of nitriles is 1. The molecule has 5 nitrogen and oxygen atoms in total. The number of ketones is 2. The molecule has 0 saturated carbocycles. The van der Waals surface area contributed by atoms with E-state index in [0.717, 1.165) is 0 Å². The van der Waals surface area contributed by atoms with Crippen molar-refractivity contribution in [3.8, 4) is 6.07 Å². The first-order valence-corrected chi connectivity index (χ1v) is 5.33. The number of hydrogen-bond donors (Lipinski definition) is 0. The molecular formula is C11H10ClN3O2. The predicted octanol–water partition coefficient (Wildman–Crippen LogP) is 1.82. The molecule has 0 spiro atoms. The topological polar surface area (TPSA) is 83.7 Å². The highest BCUT2D eigenvalue weighted by molar-refractivity contribution is 6.28. The van der Waals surface area contributed by atoms with Gasteiger partial charge < -0.3 is 4.79 Å². The van der Waals surface area contributed by atoms with Gasteiger partial charge in [-0.05, 0) is 24.9 Å². The van der Waals surface area contributed by atoms with Crippen molar-refractivity contribution < 1.29 is 9.59 Å². The molecule has 0 aromatic carbocycles. The van der Waals surface area contributed by atoms with Crippen molar-refractivity contribution >= 4 is 23.2 Å². The third-order valence-corrected chi connectivity index (χ3v) is 2.36. The molecular weight excluding hydrogens is 242 g/mol. The van der Waals surface area contributed by atoms with E-state index in [9.17, 15) is 9.59 Å². The molecule has 0 aliphatic heterocycles. The van der Waals surface area contributed by atoms with Gasteiger partial charge in [0.2, 0.25) is 5.28 Å². The Morgan fingerprint density at radius 1 is 1.47 bits per heavy atom. The second-order valence-electron chi connectivity index (χ2n) is 3.53. The standard InChI is InChI=1S/C11H10ClN3O2/c1-7(16)2-3-8(4-13)10(17)9-5-14-11(12)15-6-9/h5-6,8H,2-3H2,1H3. The maximum absolute atomic E-state index is 11.8. The number of Topliss-reactive ketones (excluding diaryl/α,β-unsaturated/α-hetero) is 2. The van der Waals surface area contributed by atoms with E-state index in [-0.39, 0.29) is 35.3 Å². The molecule has 0 saturated heterocycles. The maximum atomic E-state index is 11.8. The molecule has 1 aromatic rings. The van der Waals surface area contributed by atoms with Gasteiger partial charge in [0, 0.05) is 18.8 Å². The number of nitrogens with zero attached hydrogens (tertiary/aromatic N) is 3. The van der Waals surface area contributed by atoms with Gasteiger partial charge in [0.1, 0.15) is 11.7 Å². The van der Waals surface area contributed by atoms with Gasteiger partial charge in [-0.3, -0.25) is 4.79 Å². The van der Waals surface area contributed by atoms with Crippen LogP contribution in [-0.4, -0.2) is 21.5 Å². The summed E-state index contributed by atoms with van der Waals surface area (Å²) in [5.41, 5.74) is 0.226. The molecule has 1 aromatic heterocycles. The van der Waals surface area contributed by atoms with Crippen LogP contribution >= 0.6 is 11.6 Å². The second kappa shape index (κ2) is 6.06. The number of carbonyl (C=O) groups is 2. The van der Waals surface area contributed by atoms with Gasteiger partial charge in [-0.1, -0.05) is 0 Å². The van der Waals surface area contributed by atoms with Gasteiger partial charge in [-0.25, -0.2) is 9.97 Å². The van der Waals surface area contributed by atoms with Crippen molar-refractivity contribution in [2.45, 2.75) is 19.8 Å². The lowest BCUT2D eigenvalue weighted by Gasteiger charge is -2.06. The largest absolute Gasteiger partial charge is 0.300 e. The van der Waals surface area contributed by atoms with Gasteiger partial charge >= 0.3 is 0 Å². The lowest BCUT2D eigenvalue weighted by atomic mass is 9.95. The zero-order valence-corrected chi connectivity index (χ0v) is 9.94. The highest BCUT2D eigenvalue weighted by Gasteiger charge is 2.20. The van der Waals surface area contributed by atoms with Crippen molar-refractivity contribution in [2.24, 2.45) is 5.92 Å². The Kier molecular flexibility index (Phi) is 4.73. The van der Waals surface area contributed by atoms with Crippen molar-refractivity contribution in [2.75, 3.05) is 0 Å². The average Bonchev–Trinajstić information content (AvgIpc) is 2.30. The van der Waals surface area contributed by atoms with Gasteiger partial charge in [0.15, 0.2) is 5.78 Å². The van der Waals surface area contributed by atoms with Crippen LogP contribution in [0.25, 0.3) is 0 Å². The van der Waals surface area contributed by atoms with E-state index >= 15 is 0 Å². The molecule has 0 amide bonds. The fraction of sp³-hybridized carbons (Fsp3) is 0.364. The van der Waals surface area contributed by atoms with Crippen LogP contribution in [-0.2, 0) is 4.79 Å². The molecule has 1 heterocycles. The van der Waals surface area contributed by atoms with E-state index in [2.05, 4.69) is 9.97 Å². The molecule has 1 rings (SSSR count). The number of rotatable bonds is 5. The van der Waals surface area contributed by atoms with Crippen LogP contribution in [0.3, 0.4) is 0 Å². The first kappa shape index (κ1) is 13.3. The number of halogens is 1. The average molecular weight is 252 g/mol.